The van der Waals surface area contributed by atoms with E-state index in [4.69, 9.17) is 4.42 Å². The summed E-state index contributed by atoms with van der Waals surface area (Å²) in [6.45, 7) is 11.0. The maximum absolute atomic E-state index is 5.88. The molecule has 0 saturated carbocycles. The van der Waals surface area contributed by atoms with E-state index in [-0.39, 0.29) is 0 Å². The Hall–Kier alpha value is -0.800. The number of nitrogens with zero attached hydrogens (tertiary/aromatic N) is 1. The zero-order chi connectivity index (χ0) is 13.9. The number of likely N-dealkylation sites (tertiary alicyclic amines) is 1. The highest BCUT2D eigenvalue weighted by atomic mass is 16.3. The largest absolute Gasteiger partial charge is 0.465 e. The number of nitrogens with one attached hydrogen (secondary N) is 1. The Labute approximate surface area is 117 Å². The molecule has 0 bridgehead atoms. The van der Waals surface area contributed by atoms with Crippen LogP contribution in [0, 0.1) is 12.3 Å². The van der Waals surface area contributed by atoms with Crippen LogP contribution in [0.4, 0.5) is 0 Å². The van der Waals surface area contributed by atoms with Crippen molar-refractivity contribution in [3.05, 3.63) is 23.2 Å². The summed E-state index contributed by atoms with van der Waals surface area (Å²) in [7, 11) is 1.98. The number of rotatable bonds is 6. The standard InChI is InChI=1S/C16H28N2O/c1-5-16(6-2)7-8-18(12-16)11-15-9-14(10-17-4)13(3)19-15/h9,17H,5-8,10-12H2,1-4H3. The first-order valence-corrected chi connectivity index (χ1v) is 7.57. The van der Waals surface area contributed by atoms with E-state index in [9.17, 15) is 0 Å². The van der Waals surface area contributed by atoms with Gasteiger partial charge in [0.25, 0.3) is 0 Å². The normalized spacial score (nSPS) is 19.2. The second-order valence-electron chi connectivity index (χ2n) is 5.99. The lowest BCUT2D eigenvalue weighted by Crippen LogP contribution is -2.25. The van der Waals surface area contributed by atoms with Crippen LogP contribution in [0.15, 0.2) is 10.5 Å². The molecule has 2 rings (SSSR count). The minimum atomic E-state index is 0.551. The highest BCUT2D eigenvalue weighted by Crippen LogP contribution is 2.37. The van der Waals surface area contributed by atoms with E-state index in [1.807, 2.05) is 7.05 Å². The van der Waals surface area contributed by atoms with Gasteiger partial charge in [-0.05, 0) is 51.3 Å². The van der Waals surface area contributed by atoms with Gasteiger partial charge in [-0.15, -0.1) is 0 Å². The Morgan fingerprint density at radius 2 is 2.11 bits per heavy atom. The molecule has 0 atom stereocenters. The van der Waals surface area contributed by atoms with Gasteiger partial charge in [-0.25, -0.2) is 0 Å². The quantitative estimate of drug-likeness (QED) is 0.854. The molecule has 1 fully saturated rings. The van der Waals surface area contributed by atoms with Gasteiger partial charge in [-0.1, -0.05) is 13.8 Å². The van der Waals surface area contributed by atoms with Crippen LogP contribution in [0.1, 0.15) is 50.2 Å². The van der Waals surface area contributed by atoms with Crippen LogP contribution in [-0.4, -0.2) is 25.0 Å². The summed E-state index contributed by atoms with van der Waals surface area (Å²) >= 11 is 0. The van der Waals surface area contributed by atoms with Crippen molar-refractivity contribution >= 4 is 0 Å². The van der Waals surface area contributed by atoms with Gasteiger partial charge in [0, 0.05) is 18.7 Å². The molecule has 0 radical (unpaired) electrons. The van der Waals surface area contributed by atoms with Gasteiger partial charge in [0.05, 0.1) is 6.54 Å². The van der Waals surface area contributed by atoms with Gasteiger partial charge in [0.15, 0.2) is 0 Å². The highest BCUT2D eigenvalue weighted by molar-refractivity contribution is 5.20. The second-order valence-corrected chi connectivity index (χ2v) is 5.99. The van der Waals surface area contributed by atoms with Crippen molar-refractivity contribution in [3.63, 3.8) is 0 Å². The molecule has 1 aromatic rings. The average Bonchev–Trinajstić information content (AvgIpc) is 2.96. The summed E-state index contributed by atoms with van der Waals surface area (Å²) in [5.74, 6) is 2.17. The molecule has 0 aliphatic carbocycles. The first-order chi connectivity index (χ1) is 9.12. The maximum Gasteiger partial charge on any atom is 0.118 e. The molecule has 3 nitrogen and oxygen atoms in total. The van der Waals surface area contributed by atoms with Crippen molar-refractivity contribution in [2.75, 3.05) is 20.1 Å². The number of hydrogen-bond donors (Lipinski definition) is 1. The van der Waals surface area contributed by atoms with E-state index < -0.39 is 0 Å². The molecule has 108 valence electrons. The van der Waals surface area contributed by atoms with Gasteiger partial charge >= 0.3 is 0 Å². The maximum atomic E-state index is 5.88. The molecule has 0 unspecified atom stereocenters. The number of aryl methyl sites for hydroxylation is 1. The molecule has 1 aromatic heterocycles. The second kappa shape index (κ2) is 6.10. The Morgan fingerprint density at radius 3 is 2.68 bits per heavy atom. The molecule has 2 heterocycles. The fourth-order valence-corrected chi connectivity index (χ4v) is 3.24. The first kappa shape index (κ1) is 14.6. The Bertz CT molecular complexity index is 407. The van der Waals surface area contributed by atoms with Crippen LogP contribution < -0.4 is 5.32 Å². The molecule has 19 heavy (non-hydrogen) atoms. The topological polar surface area (TPSA) is 28.4 Å². The summed E-state index contributed by atoms with van der Waals surface area (Å²) in [4.78, 5) is 2.55. The molecular weight excluding hydrogens is 236 g/mol. The third-order valence-electron chi connectivity index (χ3n) is 4.84. The van der Waals surface area contributed by atoms with Crippen molar-refractivity contribution in [1.82, 2.24) is 10.2 Å². The zero-order valence-electron chi connectivity index (χ0n) is 12.9. The zero-order valence-corrected chi connectivity index (χ0v) is 12.9. The average molecular weight is 264 g/mol. The molecule has 0 amide bonds. The van der Waals surface area contributed by atoms with Crippen LogP contribution in [0.2, 0.25) is 0 Å². The monoisotopic (exact) mass is 264 g/mol. The molecule has 1 saturated heterocycles. The van der Waals surface area contributed by atoms with Gasteiger partial charge in [-0.2, -0.15) is 0 Å². The first-order valence-electron chi connectivity index (χ1n) is 7.57. The number of furan rings is 1. The molecule has 1 aliphatic heterocycles. The van der Waals surface area contributed by atoms with E-state index in [2.05, 4.69) is 37.1 Å². The van der Waals surface area contributed by atoms with Crippen molar-refractivity contribution in [1.29, 1.82) is 0 Å². The van der Waals surface area contributed by atoms with E-state index in [1.165, 1.54) is 37.9 Å². The summed E-state index contributed by atoms with van der Waals surface area (Å²) in [5, 5.41) is 3.19. The van der Waals surface area contributed by atoms with Gasteiger partial charge in [-0.3, -0.25) is 4.90 Å². The lowest BCUT2D eigenvalue weighted by molar-refractivity contribution is 0.225. The number of hydrogen-bond acceptors (Lipinski definition) is 3. The summed E-state index contributed by atoms with van der Waals surface area (Å²) in [6.07, 6.45) is 3.92. The Kier molecular flexibility index (Phi) is 4.69. The van der Waals surface area contributed by atoms with Crippen molar-refractivity contribution in [2.24, 2.45) is 5.41 Å². The van der Waals surface area contributed by atoms with E-state index in [0.717, 1.165) is 24.6 Å². The third kappa shape index (κ3) is 3.21. The predicted molar refractivity (Wildman–Crippen MR) is 79.1 cm³/mol. The minimum absolute atomic E-state index is 0.551. The van der Waals surface area contributed by atoms with Crippen molar-refractivity contribution in [3.8, 4) is 0 Å². The molecule has 1 N–H and O–H groups in total. The third-order valence-corrected chi connectivity index (χ3v) is 4.84. The smallest absolute Gasteiger partial charge is 0.118 e. The molecule has 0 aromatic carbocycles. The lowest BCUT2D eigenvalue weighted by Gasteiger charge is -2.26. The Morgan fingerprint density at radius 1 is 1.37 bits per heavy atom. The SMILES string of the molecule is CCC1(CC)CCN(Cc2cc(CNC)c(C)o2)C1. The molecule has 3 heteroatoms. The summed E-state index contributed by atoms with van der Waals surface area (Å²) in [5.41, 5.74) is 1.84. The molecule has 1 aliphatic rings. The molecule has 0 spiro atoms. The van der Waals surface area contributed by atoms with Crippen LogP contribution in [0.5, 0.6) is 0 Å². The van der Waals surface area contributed by atoms with E-state index in [0.29, 0.717) is 5.41 Å². The summed E-state index contributed by atoms with van der Waals surface area (Å²) < 4.78 is 5.88. The van der Waals surface area contributed by atoms with Crippen molar-refractivity contribution < 1.29 is 4.42 Å². The predicted octanol–water partition coefficient (Wildman–Crippen LogP) is 3.32. The fraction of sp³-hybridized carbons (Fsp3) is 0.750. The van der Waals surface area contributed by atoms with E-state index >= 15 is 0 Å². The van der Waals surface area contributed by atoms with Crippen LogP contribution >= 0.6 is 0 Å². The lowest BCUT2D eigenvalue weighted by atomic mass is 9.82. The van der Waals surface area contributed by atoms with Crippen LogP contribution in [-0.2, 0) is 13.1 Å². The minimum Gasteiger partial charge on any atom is -0.465 e. The van der Waals surface area contributed by atoms with Gasteiger partial charge in [0.1, 0.15) is 11.5 Å². The van der Waals surface area contributed by atoms with Crippen molar-refractivity contribution in [2.45, 2.75) is 53.1 Å². The van der Waals surface area contributed by atoms with Crippen LogP contribution in [0.25, 0.3) is 0 Å². The Balaban J connectivity index is 1.97. The summed E-state index contributed by atoms with van der Waals surface area (Å²) in [6, 6.07) is 2.21. The van der Waals surface area contributed by atoms with E-state index in [1.54, 1.807) is 0 Å². The van der Waals surface area contributed by atoms with Gasteiger partial charge in [0.2, 0.25) is 0 Å². The fourth-order valence-electron chi connectivity index (χ4n) is 3.24. The van der Waals surface area contributed by atoms with Gasteiger partial charge < -0.3 is 9.73 Å². The molecular formula is C16H28N2O. The van der Waals surface area contributed by atoms with Crippen LogP contribution in [0.3, 0.4) is 0 Å². The highest BCUT2D eigenvalue weighted by Gasteiger charge is 2.34.